The SMILES string of the molecule is Cc1cccc(NS(=O)(=O)c2cc(C(=O)Nc3ccc(C45CC6CC(CC(C6)C4)C5)cc3)ccc2Cl)c1C. The van der Waals surface area contributed by atoms with Crippen molar-refractivity contribution in [3.05, 3.63) is 87.9 Å². The molecule has 1 amide bonds. The normalized spacial score (nSPS) is 25.8. The molecule has 4 aliphatic carbocycles. The molecule has 7 rings (SSSR count). The van der Waals surface area contributed by atoms with Gasteiger partial charge in [0.05, 0.1) is 10.7 Å². The molecule has 7 heteroatoms. The third-order valence-electron chi connectivity index (χ3n) is 9.13. The Morgan fingerprint density at radius 3 is 2.16 bits per heavy atom. The van der Waals surface area contributed by atoms with Crippen LogP contribution < -0.4 is 10.0 Å². The summed E-state index contributed by atoms with van der Waals surface area (Å²) in [5, 5.41) is 2.98. The van der Waals surface area contributed by atoms with Crippen LogP contribution in [0.1, 0.15) is 65.6 Å². The second-order valence-electron chi connectivity index (χ2n) is 11.7. The molecule has 3 aromatic rings. The van der Waals surface area contributed by atoms with E-state index in [2.05, 4.69) is 22.2 Å². The van der Waals surface area contributed by atoms with Gasteiger partial charge in [-0.15, -0.1) is 0 Å². The summed E-state index contributed by atoms with van der Waals surface area (Å²) in [6.07, 6.45) is 8.11. The number of carbonyl (C=O) groups is 1. The van der Waals surface area contributed by atoms with Crippen molar-refractivity contribution in [1.82, 2.24) is 0 Å². The van der Waals surface area contributed by atoms with E-state index in [-0.39, 0.29) is 21.4 Å². The van der Waals surface area contributed by atoms with Crippen LogP contribution in [-0.4, -0.2) is 14.3 Å². The third-order valence-corrected chi connectivity index (χ3v) is 11.0. The lowest BCUT2D eigenvalue weighted by atomic mass is 9.48. The van der Waals surface area contributed by atoms with Gasteiger partial charge in [0, 0.05) is 11.3 Å². The van der Waals surface area contributed by atoms with Gasteiger partial charge >= 0.3 is 0 Å². The summed E-state index contributed by atoms with van der Waals surface area (Å²) in [4.78, 5) is 13.0. The molecule has 4 aliphatic rings. The molecule has 0 spiro atoms. The fourth-order valence-corrected chi connectivity index (χ4v) is 9.14. The van der Waals surface area contributed by atoms with Gasteiger partial charge in [-0.3, -0.25) is 9.52 Å². The maximum Gasteiger partial charge on any atom is 0.263 e. The molecule has 0 radical (unpaired) electrons. The highest BCUT2D eigenvalue weighted by atomic mass is 35.5. The fraction of sp³-hybridized carbons (Fsp3) is 0.387. The van der Waals surface area contributed by atoms with E-state index in [1.807, 2.05) is 32.0 Å². The number of hydrogen-bond acceptors (Lipinski definition) is 3. The number of aryl methyl sites for hydroxylation is 1. The van der Waals surface area contributed by atoms with Crippen LogP contribution in [0.4, 0.5) is 11.4 Å². The van der Waals surface area contributed by atoms with Crippen molar-refractivity contribution in [3.8, 4) is 0 Å². The molecule has 0 unspecified atom stereocenters. The highest BCUT2D eigenvalue weighted by molar-refractivity contribution is 7.92. The standard InChI is InChI=1S/C31H33ClN2O3S/c1-19-4-3-5-28(20(19)2)34-38(36,37)29-15-24(6-11-27(29)32)30(35)33-26-9-7-25(8-10-26)31-16-21-12-22(17-31)14-23(13-21)18-31/h3-11,15,21-23,34H,12-14,16-18H2,1-2H3,(H,33,35). The van der Waals surface area contributed by atoms with E-state index in [1.54, 1.807) is 18.2 Å². The van der Waals surface area contributed by atoms with Gasteiger partial charge in [-0.2, -0.15) is 0 Å². The first-order chi connectivity index (χ1) is 18.1. The zero-order valence-electron chi connectivity index (χ0n) is 21.8. The lowest BCUT2D eigenvalue weighted by molar-refractivity contribution is -0.00518. The number of benzene rings is 3. The van der Waals surface area contributed by atoms with Crippen molar-refractivity contribution in [2.45, 2.75) is 62.7 Å². The molecule has 3 aromatic carbocycles. The van der Waals surface area contributed by atoms with E-state index in [0.717, 1.165) is 28.9 Å². The first-order valence-corrected chi connectivity index (χ1v) is 15.3. The summed E-state index contributed by atoms with van der Waals surface area (Å²) in [6.45, 7) is 3.77. The summed E-state index contributed by atoms with van der Waals surface area (Å²) >= 11 is 6.28. The summed E-state index contributed by atoms with van der Waals surface area (Å²) in [5.41, 5.74) is 4.90. The van der Waals surface area contributed by atoms with Crippen LogP contribution in [-0.2, 0) is 15.4 Å². The maximum absolute atomic E-state index is 13.2. The molecule has 0 aliphatic heterocycles. The van der Waals surface area contributed by atoms with Crippen LogP contribution in [0, 0.1) is 31.6 Å². The number of rotatable bonds is 6. The molecule has 5 nitrogen and oxygen atoms in total. The van der Waals surface area contributed by atoms with Gasteiger partial charge < -0.3 is 5.32 Å². The largest absolute Gasteiger partial charge is 0.322 e. The van der Waals surface area contributed by atoms with E-state index in [0.29, 0.717) is 16.8 Å². The summed E-state index contributed by atoms with van der Waals surface area (Å²) < 4.78 is 29.0. The molecule has 38 heavy (non-hydrogen) atoms. The Bertz CT molecular complexity index is 1480. The minimum atomic E-state index is -4.00. The number of hydrogen-bond donors (Lipinski definition) is 2. The van der Waals surface area contributed by atoms with Gasteiger partial charge in [0.2, 0.25) is 0 Å². The maximum atomic E-state index is 13.2. The van der Waals surface area contributed by atoms with Crippen LogP contribution in [0.15, 0.2) is 65.6 Å². The van der Waals surface area contributed by atoms with Crippen molar-refractivity contribution in [2.24, 2.45) is 17.8 Å². The monoisotopic (exact) mass is 548 g/mol. The van der Waals surface area contributed by atoms with Gasteiger partial charge in [0.15, 0.2) is 0 Å². The minimum absolute atomic E-state index is 0.0549. The van der Waals surface area contributed by atoms with Crippen LogP contribution in [0.5, 0.6) is 0 Å². The Hall–Kier alpha value is -2.83. The molecule has 2 N–H and O–H groups in total. The van der Waals surface area contributed by atoms with E-state index in [1.165, 1.54) is 56.2 Å². The predicted octanol–water partition coefficient (Wildman–Crippen LogP) is 7.48. The summed E-state index contributed by atoms with van der Waals surface area (Å²) in [7, 11) is -4.00. The zero-order chi connectivity index (χ0) is 26.7. The number of anilines is 2. The molecule has 0 heterocycles. The van der Waals surface area contributed by atoms with E-state index in [4.69, 9.17) is 11.6 Å². The Morgan fingerprint density at radius 2 is 1.53 bits per heavy atom. The lowest BCUT2D eigenvalue weighted by Crippen LogP contribution is -2.48. The smallest absolute Gasteiger partial charge is 0.263 e. The van der Waals surface area contributed by atoms with E-state index >= 15 is 0 Å². The van der Waals surface area contributed by atoms with Crippen molar-refractivity contribution < 1.29 is 13.2 Å². The van der Waals surface area contributed by atoms with Crippen LogP contribution in [0.25, 0.3) is 0 Å². The van der Waals surface area contributed by atoms with Crippen molar-refractivity contribution >= 4 is 38.9 Å². The molecular weight excluding hydrogens is 516 g/mol. The topological polar surface area (TPSA) is 75.3 Å². The second kappa shape index (κ2) is 9.42. The molecule has 0 aromatic heterocycles. The second-order valence-corrected chi connectivity index (χ2v) is 13.8. The number of amides is 1. The first-order valence-electron chi connectivity index (χ1n) is 13.4. The minimum Gasteiger partial charge on any atom is -0.322 e. The van der Waals surface area contributed by atoms with Gasteiger partial charge in [-0.05, 0) is 129 Å². The first kappa shape index (κ1) is 25.4. The van der Waals surface area contributed by atoms with Crippen molar-refractivity contribution in [1.29, 1.82) is 0 Å². The Morgan fingerprint density at radius 1 is 0.895 bits per heavy atom. The van der Waals surface area contributed by atoms with Gasteiger partial charge in [-0.25, -0.2) is 8.42 Å². The number of nitrogens with one attached hydrogen (secondary N) is 2. The molecule has 0 atom stereocenters. The number of sulfonamides is 1. The van der Waals surface area contributed by atoms with E-state index < -0.39 is 10.0 Å². The Labute approximate surface area is 230 Å². The number of carbonyl (C=O) groups excluding carboxylic acids is 1. The molecule has 4 saturated carbocycles. The van der Waals surface area contributed by atoms with Crippen LogP contribution >= 0.6 is 11.6 Å². The summed E-state index contributed by atoms with van der Waals surface area (Å²) in [6, 6.07) is 18.0. The highest BCUT2D eigenvalue weighted by Crippen LogP contribution is 2.60. The Balaban J connectivity index is 1.19. The van der Waals surface area contributed by atoms with Gasteiger partial charge in [0.1, 0.15) is 4.90 Å². The third kappa shape index (κ3) is 4.62. The highest BCUT2D eigenvalue weighted by Gasteiger charge is 2.51. The molecular formula is C31H33ClN2O3S. The zero-order valence-corrected chi connectivity index (χ0v) is 23.3. The van der Waals surface area contributed by atoms with E-state index in [9.17, 15) is 13.2 Å². The quantitative estimate of drug-likeness (QED) is 0.335. The predicted molar refractivity (Wildman–Crippen MR) is 152 cm³/mol. The molecule has 4 bridgehead atoms. The van der Waals surface area contributed by atoms with Gasteiger partial charge in [-0.1, -0.05) is 35.9 Å². The molecule has 0 saturated heterocycles. The van der Waals surface area contributed by atoms with Crippen molar-refractivity contribution in [3.63, 3.8) is 0 Å². The average Bonchev–Trinajstić information content (AvgIpc) is 2.86. The van der Waals surface area contributed by atoms with Gasteiger partial charge in [0.25, 0.3) is 15.9 Å². The molecule has 4 fully saturated rings. The van der Waals surface area contributed by atoms with Crippen molar-refractivity contribution in [2.75, 3.05) is 10.0 Å². The number of halogens is 1. The summed E-state index contributed by atoms with van der Waals surface area (Å²) in [5.74, 6) is 2.24. The fourth-order valence-electron chi connectivity index (χ4n) is 7.49. The van der Waals surface area contributed by atoms with Crippen LogP contribution in [0.3, 0.4) is 0 Å². The lowest BCUT2D eigenvalue weighted by Gasteiger charge is -2.57. The average molecular weight is 549 g/mol. The molecule has 198 valence electrons. The Kier molecular flexibility index (Phi) is 6.31. The van der Waals surface area contributed by atoms with Crippen LogP contribution in [0.2, 0.25) is 5.02 Å².